The van der Waals surface area contributed by atoms with Crippen LogP contribution >= 0.6 is 15.9 Å². The van der Waals surface area contributed by atoms with Crippen LogP contribution in [-0.4, -0.2) is 11.1 Å². The molecule has 0 aliphatic rings. The fourth-order valence-electron chi connectivity index (χ4n) is 1.25. The second-order valence-corrected chi connectivity index (χ2v) is 3.94. The third kappa shape index (κ3) is 2.77. The van der Waals surface area contributed by atoms with Crippen molar-refractivity contribution in [2.75, 3.05) is 0 Å². The van der Waals surface area contributed by atoms with Gasteiger partial charge in [-0.05, 0) is 28.1 Å². The van der Waals surface area contributed by atoms with Gasteiger partial charge >= 0.3 is 18.3 Å². The highest BCUT2D eigenvalue weighted by Crippen LogP contribution is 2.44. The molecule has 18 heavy (non-hydrogen) atoms. The molecule has 0 amide bonds. The smallest absolute Gasteiger partial charge is 0.418 e. The highest BCUT2D eigenvalue weighted by Gasteiger charge is 2.45. The Morgan fingerprint density at radius 1 is 1.06 bits per heavy atom. The molecule has 0 aliphatic carbocycles. The minimum Gasteiger partial charge on any atom is -0.478 e. The summed E-state index contributed by atoms with van der Waals surface area (Å²) in [5, 5.41) is 8.57. The van der Waals surface area contributed by atoms with Crippen LogP contribution < -0.4 is 0 Å². The van der Waals surface area contributed by atoms with Gasteiger partial charge in [-0.1, -0.05) is 0 Å². The number of carboxylic acids is 1. The first kappa shape index (κ1) is 14.8. The van der Waals surface area contributed by atoms with Gasteiger partial charge in [0, 0.05) is 4.47 Å². The van der Waals surface area contributed by atoms with E-state index in [1.54, 1.807) is 0 Å². The normalized spacial score (nSPS) is 12.6. The third-order valence-electron chi connectivity index (χ3n) is 1.96. The van der Waals surface area contributed by atoms with Crippen molar-refractivity contribution in [1.82, 2.24) is 0 Å². The van der Waals surface area contributed by atoms with E-state index in [4.69, 9.17) is 5.11 Å². The molecule has 0 saturated heterocycles. The number of hydrogen-bond acceptors (Lipinski definition) is 1. The molecular formula is C9H3BrF6O2. The lowest BCUT2D eigenvalue weighted by molar-refractivity contribution is -0.162. The maximum absolute atomic E-state index is 12.6. The van der Waals surface area contributed by atoms with Crippen LogP contribution in [0.1, 0.15) is 21.5 Å². The van der Waals surface area contributed by atoms with Gasteiger partial charge < -0.3 is 5.11 Å². The SMILES string of the molecule is O=C(O)c1ccc(C(F)(F)F)c(C(F)(F)F)c1Br. The van der Waals surface area contributed by atoms with E-state index in [1.807, 2.05) is 0 Å². The molecule has 0 aliphatic heterocycles. The summed E-state index contributed by atoms with van der Waals surface area (Å²) in [6.45, 7) is 0. The number of benzene rings is 1. The van der Waals surface area contributed by atoms with Crippen LogP contribution in [0, 0.1) is 0 Å². The van der Waals surface area contributed by atoms with E-state index < -0.39 is 39.5 Å². The maximum atomic E-state index is 12.6. The van der Waals surface area contributed by atoms with Crippen molar-refractivity contribution in [2.45, 2.75) is 12.4 Å². The van der Waals surface area contributed by atoms with Gasteiger partial charge in [-0.2, -0.15) is 26.3 Å². The third-order valence-corrected chi connectivity index (χ3v) is 2.78. The number of rotatable bonds is 1. The molecule has 1 aromatic carbocycles. The topological polar surface area (TPSA) is 37.3 Å². The lowest BCUT2D eigenvalue weighted by Crippen LogP contribution is -2.19. The Morgan fingerprint density at radius 3 is 1.89 bits per heavy atom. The molecule has 0 radical (unpaired) electrons. The Balaban J connectivity index is 3.69. The molecule has 2 nitrogen and oxygen atoms in total. The zero-order valence-corrected chi connectivity index (χ0v) is 9.74. The molecule has 1 N–H and O–H groups in total. The van der Waals surface area contributed by atoms with Gasteiger partial charge in [0.2, 0.25) is 0 Å². The Labute approximate surface area is 104 Å². The molecule has 9 heteroatoms. The van der Waals surface area contributed by atoms with Crippen LogP contribution in [0.25, 0.3) is 0 Å². The number of carboxylic acid groups (broad SMARTS) is 1. The van der Waals surface area contributed by atoms with Gasteiger partial charge in [0.05, 0.1) is 16.7 Å². The predicted octanol–water partition coefficient (Wildman–Crippen LogP) is 4.18. The Hall–Kier alpha value is -1.25. The molecule has 0 spiro atoms. The number of carbonyl (C=O) groups is 1. The van der Waals surface area contributed by atoms with Gasteiger partial charge in [-0.25, -0.2) is 4.79 Å². The monoisotopic (exact) mass is 336 g/mol. The van der Waals surface area contributed by atoms with Gasteiger partial charge in [-0.3, -0.25) is 0 Å². The highest BCUT2D eigenvalue weighted by atomic mass is 79.9. The fraction of sp³-hybridized carbons (Fsp3) is 0.222. The van der Waals surface area contributed by atoms with Crippen LogP contribution in [0.2, 0.25) is 0 Å². The quantitative estimate of drug-likeness (QED) is 0.781. The van der Waals surface area contributed by atoms with Crippen LogP contribution in [0.15, 0.2) is 16.6 Å². The van der Waals surface area contributed by atoms with E-state index in [0.717, 1.165) is 0 Å². The van der Waals surface area contributed by atoms with Gasteiger partial charge in [-0.15, -0.1) is 0 Å². The molecule has 0 unspecified atom stereocenters. The van der Waals surface area contributed by atoms with Crippen molar-refractivity contribution in [2.24, 2.45) is 0 Å². The van der Waals surface area contributed by atoms with Crippen molar-refractivity contribution in [3.05, 3.63) is 33.3 Å². The molecule has 0 saturated carbocycles. The zero-order valence-electron chi connectivity index (χ0n) is 8.16. The number of hydrogen-bond donors (Lipinski definition) is 1. The van der Waals surface area contributed by atoms with E-state index in [0.29, 0.717) is 6.07 Å². The molecule has 0 heterocycles. The average Bonchev–Trinajstić information content (AvgIpc) is 2.12. The van der Waals surface area contributed by atoms with E-state index in [1.165, 1.54) is 0 Å². The summed E-state index contributed by atoms with van der Waals surface area (Å²) in [4.78, 5) is 10.6. The molecule has 0 atom stereocenters. The Kier molecular flexibility index (Phi) is 3.66. The maximum Gasteiger partial charge on any atom is 0.418 e. The fourth-order valence-corrected chi connectivity index (χ4v) is 1.99. The summed E-state index contributed by atoms with van der Waals surface area (Å²) in [7, 11) is 0. The minimum absolute atomic E-state index is 0.0943. The molecule has 1 rings (SSSR count). The van der Waals surface area contributed by atoms with Gasteiger partial charge in [0.25, 0.3) is 0 Å². The second kappa shape index (κ2) is 4.45. The van der Waals surface area contributed by atoms with Crippen molar-refractivity contribution in [3.8, 4) is 0 Å². The lowest BCUT2D eigenvalue weighted by Gasteiger charge is -2.17. The lowest BCUT2D eigenvalue weighted by atomic mass is 10.0. The summed E-state index contributed by atoms with van der Waals surface area (Å²) < 4.78 is 73.8. The standard InChI is InChI=1S/C9H3BrF6O2/c10-6-3(7(17)18)1-2-4(8(11,12)13)5(6)9(14,15)16/h1-2H,(H,17,18). The summed E-state index contributed by atoms with van der Waals surface area (Å²) in [5.74, 6) is -1.76. The van der Waals surface area contributed by atoms with Crippen LogP contribution in [0.3, 0.4) is 0 Å². The summed E-state index contributed by atoms with van der Waals surface area (Å²) in [6, 6.07) is 0.557. The summed E-state index contributed by atoms with van der Waals surface area (Å²) in [5.41, 5.74) is -4.88. The summed E-state index contributed by atoms with van der Waals surface area (Å²) >= 11 is 2.26. The first-order valence-electron chi connectivity index (χ1n) is 4.16. The number of halogens is 7. The molecule has 0 bridgehead atoms. The summed E-state index contributed by atoms with van der Waals surface area (Å²) in [6.07, 6.45) is -10.6. The van der Waals surface area contributed by atoms with E-state index in [2.05, 4.69) is 15.9 Å². The van der Waals surface area contributed by atoms with Crippen molar-refractivity contribution >= 4 is 21.9 Å². The predicted molar refractivity (Wildman–Crippen MR) is 51.1 cm³/mol. The van der Waals surface area contributed by atoms with Crippen molar-refractivity contribution in [3.63, 3.8) is 0 Å². The Bertz CT molecular complexity index is 491. The molecular weight excluding hydrogens is 334 g/mol. The molecule has 100 valence electrons. The van der Waals surface area contributed by atoms with E-state index in [-0.39, 0.29) is 6.07 Å². The van der Waals surface area contributed by atoms with E-state index in [9.17, 15) is 31.1 Å². The first-order valence-corrected chi connectivity index (χ1v) is 4.95. The van der Waals surface area contributed by atoms with Crippen LogP contribution in [0.5, 0.6) is 0 Å². The zero-order chi connectivity index (χ0) is 14.3. The minimum atomic E-state index is -5.32. The van der Waals surface area contributed by atoms with Crippen LogP contribution in [-0.2, 0) is 12.4 Å². The second-order valence-electron chi connectivity index (χ2n) is 3.15. The van der Waals surface area contributed by atoms with E-state index >= 15 is 0 Å². The molecule has 0 fully saturated rings. The van der Waals surface area contributed by atoms with Crippen molar-refractivity contribution < 1.29 is 36.2 Å². The van der Waals surface area contributed by atoms with Crippen LogP contribution in [0.4, 0.5) is 26.3 Å². The molecule has 0 aromatic heterocycles. The number of aromatic carboxylic acids is 1. The number of alkyl halides is 6. The van der Waals surface area contributed by atoms with Gasteiger partial charge in [0.15, 0.2) is 0 Å². The highest BCUT2D eigenvalue weighted by molar-refractivity contribution is 9.10. The first-order chi connectivity index (χ1) is 7.96. The Morgan fingerprint density at radius 2 is 1.56 bits per heavy atom. The molecule has 1 aromatic rings. The van der Waals surface area contributed by atoms with Crippen molar-refractivity contribution in [1.29, 1.82) is 0 Å². The van der Waals surface area contributed by atoms with Gasteiger partial charge in [0.1, 0.15) is 0 Å². The largest absolute Gasteiger partial charge is 0.478 e. The average molecular weight is 337 g/mol.